The highest BCUT2D eigenvalue weighted by atomic mass is 13.8. The normalized spacial score (nSPS) is 17.1. The van der Waals surface area contributed by atoms with Gasteiger partial charge in [0.1, 0.15) is 0 Å². The van der Waals surface area contributed by atoms with Gasteiger partial charge in [0.15, 0.2) is 0 Å². The predicted octanol–water partition coefficient (Wildman–Crippen LogP) is 3.92. The minimum atomic E-state index is 0.980. The van der Waals surface area contributed by atoms with Crippen molar-refractivity contribution in [3.05, 3.63) is 72.9 Å². The Labute approximate surface area is 86.3 Å². The van der Waals surface area contributed by atoms with Crippen molar-refractivity contribution >= 4 is 0 Å². The molecule has 0 aromatic heterocycles. The van der Waals surface area contributed by atoms with Gasteiger partial charge in [0.05, 0.1) is 0 Å². The lowest BCUT2D eigenvalue weighted by Crippen LogP contribution is -1.64. The molecule has 0 bridgehead atoms. The number of rotatable bonds is 0. The zero-order valence-electron chi connectivity index (χ0n) is 8.27. The molecule has 0 heteroatoms. The van der Waals surface area contributed by atoms with Gasteiger partial charge in [0.2, 0.25) is 0 Å². The van der Waals surface area contributed by atoms with E-state index in [-0.39, 0.29) is 0 Å². The molecule has 0 saturated heterocycles. The maximum atomic E-state index is 3.20. The van der Waals surface area contributed by atoms with Gasteiger partial charge in [-0.2, -0.15) is 0 Å². The molecule has 0 aromatic carbocycles. The molecule has 0 amide bonds. The third kappa shape index (κ3) is 6.01. The average Bonchev–Trinajstić information content (AvgIpc) is 2.22. The van der Waals surface area contributed by atoms with E-state index in [0.29, 0.717) is 0 Å². The first-order valence-corrected chi connectivity index (χ1v) is 4.88. The molecule has 14 heavy (non-hydrogen) atoms. The lowest BCUT2D eigenvalue weighted by molar-refractivity contribution is 1.03. The lowest BCUT2D eigenvalue weighted by Gasteiger charge is -1.83. The molecule has 0 spiro atoms. The van der Waals surface area contributed by atoms with E-state index in [1.165, 1.54) is 0 Å². The zero-order valence-corrected chi connectivity index (χ0v) is 8.27. The first-order valence-electron chi connectivity index (χ1n) is 4.88. The Balaban J connectivity index is 2.56. The Kier molecular flexibility index (Phi) is 6.05. The third-order valence-electron chi connectivity index (χ3n) is 1.69. The largest absolute Gasteiger partial charge is 0.0842 e. The van der Waals surface area contributed by atoms with Gasteiger partial charge in [0.25, 0.3) is 0 Å². The van der Waals surface area contributed by atoms with E-state index in [0.717, 1.165) is 12.8 Å². The second kappa shape index (κ2) is 8.06. The Morgan fingerprint density at radius 1 is 0.643 bits per heavy atom. The van der Waals surface area contributed by atoms with Gasteiger partial charge < -0.3 is 0 Å². The van der Waals surface area contributed by atoms with E-state index in [2.05, 4.69) is 18.2 Å². The van der Waals surface area contributed by atoms with Crippen LogP contribution in [0.25, 0.3) is 0 Å². The van der Waals surface area contributed by atoms with Crippen LogP contribution in [-0.4, -0.2) is 0 Å². The second-order valence-corrected chi connectivity index (χ2v) is 2.88. The molecule has 1 aliphatic carbocycles. The summed E-state index contributed by atoms with van der Waals surface area (Å²) in [5, 5.41) is 0. The first kappa shape index (κ1) is 10.5. The van der Waals surface area contributed by atoms with Crippen LogP contribution < -0.4 is 0 Å². The SMILES string of the molecule is [C]1=CC=CC=CC=CC=CC=CCC1. The highest BCUT2D eigenvalue weighted by Gasteiger charge is 1.75. The quantitative estimate of drug-likeness (QED) is 0.534. The summed E-state index contributed by atoms with van der Waals surface area (Å²) in [5.41, 5.74) is 0. The van der Waals surface area contributed by atoms with Crippen LogP contribution in [0.4, 0.5) is 0 Å². The first-order chi connectivity index (χ1) is 7.00. The maximum Gasteiger partial charge on any atom is -0.0241 e. The van der Waals surface area contributed by atoms with Crippen LogP contribution in [0.1, 0.15) is 12.8 Å². The summed E-state index contributed by atoms with van der Waals surface area (Å²) in [6.07, 6.45) is 27.5. The molecule has 0 unspecified atom stereocenters. The van der Waals surface area contributed by atoms with Crippen LogP contribution in [0, 0.1) is 6.08 Å². The molecule has 0 nitrogen and oxygen atoms in total. The van der Waals surface area contributed by atoms with Crippen molar-refractivity contribution in [2.75, 3.05) is 0 Å². The fraction of sp³-hybridized carbons (Fsp3) is 0.143. The molecule has 0 N–H and O–H groups in total. The monoisotopic (exact) mass is 183 g/mol. The van der Waals surface area contributed by atoms with Crippen LogP contribution in [-0.2, 0) is 0 Å². The second-order valence-electron chi connectivity index (χ2n) is 2.88. The van der Waals surface area contributed by atoms with Crippen LogP contribution in [0.15, 0.2) is 66.8 Å². The summed E-state index contributed by atoms with van der Waals surface area (Å²) in [6.45, 7) is 0. The summed E-state index contributed by atoms with van der Waals surface area (Å²) >= 11 is 0. The molecule has 0 fully saturated rings. The van der Waals surface area contributed by atoms with E-state index in [1.807, 2.05) is 54.7 Å². The molecule has 1 rings (SSSR count). The molecule has 0 aromatic rings. The van der Waals surface area contributed by atoms with Crippen molar-refractivity contribution in [1.82, 2.24) is 0 Å². The average molecular weight is 183 g/mol. The van der Waals surface area contributed by atoms with E-state index in [1.54, 1.807) is 0 Å². The fourth-order valence-corrected chi connectivity index (χ4v) is 0.997. The van der Waals surface area contributed by atoms with E-state index in [4.69, 9.17) is 0 Å². The minimum Gasteiger partial charge on any atom is -0.0842 e. The molecule has 1 aliphatic rings. The lowest BCUT2D eigenvalue weighted by atomic mass is 10.2. The molecule has 0 aliphatic heterocycles. The highest BCUT2D eigenvalue weighted by Crippen LogP contribution is 1.94. The van der Waals surface area contributed by atoms with E-state index >= 15 is 0 Å². The minimum absolute atomic E-state index is 0.980. The molecule has 0 saturated carbocycles. The Bertz CT molecular complexity index is 264. The van der Waals surface area contributed by atoms with Crippen molar-refractivity contribution in [3.63, 3.8) is 0 Å². The van der Waals surface area contributed by atoms with Gasteiger partial charge in [-0.05, 0) is 18.9 Å². The Morgan fingerprint density at radius 3 is 1.93 bits per heavy atom. The smallest absolute Gasteiger partial charge is 0.0241 e. The van der Waals surface area contributed by atoms with Crippen LogP contribution in [0.3, 0.4) is 0 Å². The van der Waals surface area contributed by atoms with Crippen molar-refractivity contribution in [1.29, 1.82) is 0 Å². The molecular weight excluding hydrogens is 168 g/mol. The molecule has 71 valence electrons. The van der Waals surface area contributed by atoms with Gasteiger partial charge in [-0.1, -0.05) is 66.8 Å². The topological polar surface area (TPSA) is 0 Å². The van der Waals surface area contributed by atoms with Crippen molar-refractivity contribution < 1.29 is 0 Å². The standard InChI is InChI=1S/C14H15/c1-2-4-6-8-10-12-14-13-11-9-7-5-3-1/h1-11H,12,14H2. The van der Waals surface area contributed by atoms with Gasteiger partial charge in [0, 0.05) is 0 Å². The van der Waals surface area contributed by atoms with Gasteiger partial charge in [-0.25, -0.2) is 0 Å². The van der Waals surface area contributed by atoms with Gasteiger partial charge >= 0.3 is 0 Å². The van der Waals surface area contributed by atoms with Crippen molar-refractivity contribution in [3.8, 4) is 0 Å². The van der Waals surface area contributed by atoms with Crippen LogP contribution in [0.5, 0.6) is 0 Å². The zero-order chi connectivity index (χ0) is 9.90. The summed E-state index contributed by atoms with van der Waals surface area (Å²) < 4.78 is 0. The van der Waals surface area contributed by atoms with Crippen molar-refractivity contribution in [2.24, 2.45) is 0 Å². The number of hydrogen-bond acceptors (Lipinski definition) is 0. The van der Waals surface area contributed by atoms with Crippen LogP contribution in [0.2, 0.25) is 0 Å². The summed E-state index contributed by atoms with van der Waals surface area (Å²) in [7, 11) is 0. The highest BCUT2D eigenvalue weighted by molar-refractivity contribution is 5.19. The predicted molar refractivity (Wildman–Crippen MR) is 62.7 cm³/mol. The molecular formula is C14H15. The third-order valence-corrected chi connectivity index (χ3v) is 1.69. The fourth-order valence-electron chi connectivity index (χ4n) is 0.997. The Hall–Kier alpha value is -1.56. The maximum absolute atomic E-state index is 3.20. The summed E-state index contributed by atoms with van der Waals surface area (Å²) in [5.74, 6) is 0. The molecule has 0 heterocycles. The molecule has 1 radical (unpaired) electrons. The van der Waals surface area contributed by atoms with Crippen LogP contribution >= 0.6 is 0 Å². The Morgan fingerprint density at radius 2 is 1.21 bits per heavy atom. The van der Waals surface area contributed by atoms with Crippen molar-refractivity contribution in [2.45, 2.75) is 12.8 Å². The van der Waals surface area contributed by atoms with Gasteiger partial charge in [-0.15, -0.1) is 0 Å². The van der Waals surface area contributed by atoms with E-state index < -0.39 is 0 Å². The van der Waals surface area contributed by atoms with Gasteiger partial charge in [-0.3, -0.25) is 0 Å². The number of allylic oxidation sites excluding steroid dienone is 12. The molecule has 0 atom stereocenters. The summed E-state index contributed by atoms with van der Waals surface area (Å²) in [4.78, 5) is 0. The number of hydrogen-bond donors (Lipinski definition) is 0. The summed E-state index contributed by atoms with van der Waals surface area (Å²) in [6, 6.07) is 0. The van der Waals surface area contributed by atoms with E-state index in [9.17, 15) is 0 Å².